The first-order chi connectivity index (χ1) is 11.3. The van der Waals surface area contributed by atoms with Gasteiger partial charge >= 0.3 is 6.18 Å². The predicted molar refractivity (Wildman–Crippen MR) is 86.6 cm³/mol. The maximum atomic E-state index is 13.4. The molecule has 0 radical (unpaired) electrons. The molecule has 124 valence electrons. The smallest absolute Gasteiger partial charge is 0.384 e. The third-order valence-electron chi connectivity index (χ3n) is 3.81. The highest BCUT2D eigenvalue weighted by atomic mass is 79.9. The van der Waals surface area contributed by atoms with E-state index in [4.69, 9.17) is 0 Å². The van der Waals surface area contributed by atoms with E-state index in [1.54, 1.807) is 19.1 Å². The van der Waals surface area contributed by atoms with Gasteiger partial charge in [0.2, 0.25) is 0 Å². The molecule has 0 unspecified atom stereocenters. The summed E-state index contributed by atoms with van der Waals surface area (Å²) < 4.78 is 40.1. The number of alkyl halides is 3. The van der Waals surface area contributed by atoms with Crippen LogP contribution in [0.4, 0.5) is 18.9 Å². The van der Waals surface area contributed by atoms with Gasteiger partial charge in [0.05, 0.1) is 22.4 Å². The minimum absolute atomic E-state index is 0.0392. The van der Waals surface area contributed by atoms with Crippen LogP contribution in [0.3, 0.4) is 0 Å². The Morgan fingerprint density at radius 3 is 2.08 bits per heavy atom. The SMILES string of the molecule is CCNc1c(C(F)(F)F)cc(Br)c2c1C(=O)c1ccccc1C2=O. The van der Waals surface area contributed by atoms with Gasteiger partial charge < -0.3 is 5.32 Å². The summed E-state index contributed by atoms with van der Waals surface area (Å²) in [7, 11) is 0. The monoisotopic (exact) mass is 397 g/mol. The Morgan fingerprint density at radius 2 is 1.58 bits per heavy atom. The molecule has 3 rings (SSSR count). The molecule has 3 nitrogen and oxygen atoms in total. The van der Waals surface area contributed by atoms with Gasteiger partial charge in [-0.1, -0.05) is 24.3 Å². The summed E-state index contributed by atoms with van der Waals surface area (Å²) in [5, 5.41) is 2.61. The number of rotatable bonds is 2. The quantitative estimate of drug-likeness (QED) is 0.682. The Kier molecular flexibility index (Phi) is 3.99. The summed E-state index contributed by atoms with van der Waals surface area (Å²) in [6, 6.07) is 6.97. The lowest BCUT2D eigenvalue weighted by Gasteiger charge is -2.24. The number of hydrogen-bond donors (Lipinski definition) is 1. The van der Waals surface area contributed by atoms with Gasteiger partial charge in [-0.15, -0.1) is 0 Å². The Bertz CT molecular complexity index is 875. The predicted octanol–water partition coefficient (Wildman–Crippen LogP) is 4.68. The first kappa shape index (κ1) is 16.7. The van der Waals surface area contributed by atoms with Crippen molar-refractivity contribution in [3.63, 3.8) is 0 Å². The molecule has 7 heteroatoms. The Labute approximate surface area is 144 Å². The molecule has 1 aliphatic rings. The number of hydrogen-bond acceptors (Lipinski definition) is 3. The van der Waals surface area contributed by atoms with Crippen LogP contribution in [-0.4, -0.2) is 18.1 Å². The lowest BCUT2D eigenvalue weighted by Crippen LogP contribution is -2.25. The van der Waals surface area contributed by atoms with E-state index in [9.17, 15) is 22.8 Å². The van der Waals surface area contributed by atoms with E-state index in [1.807, 2.05) is 0 Å². The van der Waals surface area contributed by atoms with Crippen molar-refractivity contribution in [3.05, 3.63) is 62.6 Å². The molecule has 24 heavy (non-hydrogen) atoms. The molecule has 1 aliphatic carbocycles. The van der Waals surface area contributed by atoms with Gasteiger partial charge in [-0.05, 0) is 28.9 Å². The minimum Gasteiger partial charge on any atom is -0.384 e. The third kappa shape index (κ3) is 2.43. The Balaban J connectivity index is 2.40. The van der Waals surface area contributed by atoms with Gasteiger partial charge in [0.25, 0.3) is 0 Å². The van der Waals surface area contributed by atoms with E-state index in [0.29, 0.717) is 0 Å². The van der Waals surface area contributed by atoms with Crippen molar-refractivity contribution in [2.24, 2.45) is 0 Å². The summed E-state index contributed by atoms with van der Waals surface area (Å²) in [4.78, 5) is 25.5. The van der Waals surface area contributed by atoms with Crippen LogP contribution in [0.2, 0.25) is 0 Å². The van der Waals surface area contributed by atoms with Gasteiger partial charge in [0, 0.05) is 22.1 Å². The van der Waals surface area contributed by atoms with Gasteiger partial charge in [-0.3, -0.25) is 9.59 Å². The second kappa shape index (κ2) is 5.73. The minimum atomic E-state index is -4.66. The molecule has 0 bridgehead atoms. The first-order valence-corrected chi connectivity index (χ1v) is 7.92. The van der Waals surface area contributed by atoms with Crippen molar-refractivity contribution in [1.82, 2.24) is 0 Å². The Morgan fingerprint density at radius 1 is 1.04 bits per heavy atom. The molecule has 2 aromatic rings. The molecule has 0 amide bonds. The number of anilines is 1. The van der Waals surface area contributed by atoms with Gasteiger partial charge in [0.15, 0.2) is 11.6 Å². The molecule has 0 fully saturated rings. The van der Waals surface area contributed by atoms with Crippen LogP contribution in [0.15, 0.2) is 34.8 Å². The van der Waals surface area contributed by atoms with Crippen molar-refractivity contribution in [1.29, 1.82) is 0 Å². The normalized spacial score (nSPS) is 13.5. The molecule has 1 N–H and O–H groups in total. The maximum absolute atomic E-state index is 13.4. The van der Waals surface area contributed by atoms with Crippen LogP contribution in [0, 0.1) is 0 Å². The van der Waals surface area contributed by atoms with Crippen LogP contribution in [-0.2, 0) is 6.18 Å². The summed E-state index contributed by atoms with van der Waals surface area (Å²) in [6.07, 6.45) is -4.66. The van der Waals surface area contributed by atoms with E-state index in [1.165, 1.54) is 12.1 Å². The fraction of sp³-hybridized carbons (Fsp3) is 0.176. The van der Waals surface area contributed by atoms with E-state index in [2.05, 4.69) is 21.2 Å². The van der Waals surface area contributed by atoms with Crippen LogP contribution in [0.1, 0.15) is 44.3 Å². The summed E-state index contributed by atoms with van der Waals surface area (Å²) in [6.45, 7) is 1.80. The highest BCUT2D eigenvalue weighted by molar-refractivity contribution is 9.10. The Hall–Kier alpha value is -2.15. The molecule has 0 aromatic heterocycles. The highest BCUT2D eigenvalue weighted by Crippen LogP contribution is 2.44. The van der Waals surface area contributed by atoms with Crippen LogP contribution >= 0.6 is 15.9 Å². The molecule has 2 aromatic carbocycles. The average Bonchev–Trinajstić information content (AvgIpc) is 2.53. The number of ketones is 2. The zero-order valence-corrected chi connectivity index (χ0v) is 14.0. The lowest BCUT2D eigenvalue weighted by atomic mass is 9.82. The van der Waals surface area contributed by atoms with Gasteiger partial charge in [-0.25, -0.2) is 0 Å². The number of nitrogens with one attached hydrogen (secondary N) is 1. The number of benzene rings is 2. The van der Waals surface area contributed by atoms with E-state index >= 15 is 0 Å². The van der Waals surface area contributed by atoms with Crippen molar-refractivity contribution >= 4 is 33.2 Å². The standard InChI is InChI=1S/C17H11BrF3NO2/c1-2-22-14-10(17(19,20)21)7-11(18)12-13(14)16(24)9-6-4-3-5-8(9)15(12)23/h3-7,22H,2H2,1H3. The van der Waals surface area contributed by atoms with Crippen LogP contribution in [0.5, 0.6) is 0 Å². The lowest BCUT2D eigenvalue weighted by molar-refractivity contribution is -0.137. The maximum Gasteiger partial charge on any atom is 0.418 e. The fourth-order valence-electron chi connectivity index (χ4n) is 2.83. The number of halogens is 4. The molecule has 0 saturated carbocycles. The molecular weight excluding hydrogens is 387 g/mol. The number of carbonyl (C=O) groups excluding carboxylic acids is 2. The third-order valence-corrected chi connectivity index (χ3v) is 4.43. The summed E-state index contributed by atoms with van der Waals surface area (Å²) >= 11 is 3.03. The molecule has 0 saturated heterocycles. The molecule has 0 atom stereocenters. The first-order valence-electron chi connectivity index (χ1n) is 7.13. The zero-order valence-electron chi connectivity index (χ0n) is 12.4. The average molecular weight is 398 g/mol. The second-order valence-electron chi connectivity index (χ2n) is 5.26. The summed E-state index contributed by atoms with van der Waals surface area (Å²) in [5.41, 5.74) is -1.30. The van der Waals surface area contributed by atoms with Crippen LogP contribution in [0.25, 0.3) is 0 Å². The van der Waals surface area contributed by atoms with Crippen molar-refractivity contribution in [2.45, 2.75) is 13.1 Å². The van der Waals surface area contributed by atoms with Crippen molar-refractivity contribution < 1.29 is 22.8 Å². The van der Waals surface area contributed by atoms with Crippen molar-refractivity contribution in [3.8, 4) is 0 Å². The molecular formula is C17H11BrF3NO2. The number of fused-ring (bicyclic) bond motifs is 2. The molecule has 0 spiro atoms. The summed E-state index contributed by atoms with van der Waals surface area (Å²) in [5.74, 6) is -1.07. The topological polar surface area (TPSA) is 46.2 Å². The highest BCUT2D eigenvalue weighted by Gasteiger charge is 2.41. The van der Waals surface area contributed by atoms with E-state index in [0.717, 1.165) is 6.07 Å². The van der Waals surface area contributed by atoms with Gasteiger partial charge in [0.1, 0.15) is 0 Å². The van der Waals surface area contributed by atoms with E-state index in [-0.39, 0.29) is 39.0 Å². The van der Waals surface area contributed by atoms with Crippen molar-refractivity contribution in [2.75, 3.05) is 11.9 Å². The number of carbonyl (C=O) groups is 2. The molecule has 0 aliphatic heterocycles. The largest absolute Gasteiger partial charge is 0.418 e. The fourth-order valence-corrected chi connectivity index (χ4v) is 3.44. The van der Waals surface area contributed by atoms with Gasteiger partial charge in [-0.2, -0.15) is 13.2 Å². The second-order valence-corrected chi connectivity index (χ2v) is 6.12. The van der Waals surface area contributed by atoms with E-state index < -0.39 is 23.3 Å². The zero-order chi connectivity index (χ0) is 17.6. The molecule has 0 heterocycles. The van der Waals surface area contributed by atoms with Crippen LogP contribution < -0.4 is 5.32 Å².